The quantitative estimate of drug-likeness (QED) is 0.854. The third-order valence-corrected chi connectivity index (χ3v) is 9.07. The molecular weight excluding hydrogens is 360 g/mol. The Balaban J connectivity index is 2.00. The van der Waals surface area contributed by atoms with Crippen molar-refractivity contribution >= 4 is 15.7 Å². The van der Waals surface area contributed by atoms with Gasteiger partial charge in [-0.2, -0.15) is 0 Å². The molecular formula is C21H32N2O3S. The molecule has 1 aliphatic carbocycles. The number of piperidine rings is 1. The first-order valence-corrected chi connectivity index (χ1v) is 11.5. The fourth-order valence-corrected chi connectivity index (χ4v) is 7.10. The van der Waals surface area contributed by atoms with Crippen molar-refractivity contribution in [3.05, 3.63) is 29.3 Å². The number of nitrogens with two attached hydrogens (primary N) is 1. The highest BCUT2D eigenvalue weighted by molar-refractivity contribution is 7.93. The molecule has 150 valence electrons. The first-order chi connectivity index (χ1) is 12.7. The van der Waals surface area contributed by atoms with Crippen LogP contribution in [0.1, 0.15) is 56.6 Å². The number of benzene rings is 1. The monoisotopic (exact) mass is 392 g/mol. The highest BCUT2D eigenvalue weighted by atomic mass is 32.2. The zero-order chi connectivity index (χ0) is 19.8. The van der Waals surface area contributed by atoms with Crippen LogP contribution < -0.4 is 5.73 Å². The summed E-state index contributed by atoms with van der Waals surface area (Å²) < 4.78 is 26.2. The van der Waals surface area contributed by atoms with Gasteiger partial charge in [0.15, 0.2) is 14.6 Å². The van der Waals surface area contributed by atoms with E-state index in [1.165, 1.54) is 0 Å². The lowest BCUT2D eigenvalue weighted by atomic mass is 9.91. The summed E-state index contributed by atoms with van der Waals surface area (Å²) in [5.74, 6) is 0.0378. The average Bonchev–Trinajstić information content (AvgIpc) is 3.14. The predicted molar refractivity (Wildman–Crippen MR) is 107 cm³/mol. The SMILES string of the molecule is Cc1ccc(C)c(S(=O)(=O)C2(C(=O)N3CCC[C@@H]([C@H](C)N)C3)CCCC2)c1. The zero-order valence-electron chi connectivity index (χ0n) is 16.7. The molecule has 5 nitrogen and oxygen atoms in total. The molecule has 3 rings (SSSR count). The molecule has 1 aromatic carbocycles. The molecule has 0 unspecified atom stereocenters. The Hall–Kier alpha value is -1.40. The van der Waals surface area contributed by atoms with E-state index >= 15 is 0 Å². The maximum atomic E-state index is 13.8. The third-order valence-electron chi connectivity index (χ3n) is 6.44. The molecule has 1 saturated carbocycles. The standard InChI is InChI=1S/C21H32N2O3S/c1-15-8-9-16(2)19(13-15)27(25,26)21(10-4-5-11-21)20(24)23-12-6-7-18(14-23)17(3)22/h8-9,13,17-18H,4-7,10-12,14,22H2,1-3H3/t17-,18+/m0/s1. The van der Waals surface area contributed by atoms with Gasteiger partial charge in [0.25, 0.3) is 0 Å². The molecule has 2 atom stereocenters. The maximum Gasteiger partial charge on any atom is 0.244 e. The van der Waals surface area contributed by atoms with Crippen molar-refractivity contribution < 1.29 is 13.2 Å². The van der Waals surface area contributed by atoms with Crippen LogP contribution >= 0.6 is 0 Å². The molecule has 1 heterocycles. The molecule has 0 aromatic heterocycles. The Labute approximate surface area is 163 Å². The topological polar surface area (TPSA) is 80.5 Å². The minimum absolute atomic E-state index is 0.00996. The van der Waals surface area contributed by atoms with Gasteiger partial charge >= 0.3 is 0 Å². The summed E-state index contributed by atoms with van der Waals surface area (Å²) in [4.78, 5) is 15.7. The molecule has 1 aliphatic heterocycles. The van der Waals surface area contributed by atoms with Gasteiger partial charge in [0.2, 0.25) is 5.91 Å². The van der Waals surface area contributed by atoms with E-state index in [0.29, 0.717) is 36.4 Å². The summed E-state index contributed by atoms with van der Waals surface area (Å²) in [7, 11) is -3.76. The largest absolute Gasteiger partial charge is 0.341 e. The highest BCUT2D eigenvalue weighted by Gasteiger charge is 2.55. The van der Waals surface area contributed by atoms with E-state index in [4.69, 9.17) is 5.73 Å². The van der Waals surface area contributed by atoms with Gasteiger partial charge in [-0.05, 0) is 69.6 Å². The van der Waals surface area contributed by atoms with Crippen LogP contribution in [0.5, 0.6) is 0 Å². The highest BCUT2D eigenvalue weighted by Crippen LogP contribution is 2.43. The number of hydrogen-bond donors (Lipinski definition) is 1. The summed E-state index contributed by atoms with van der Waals surface area (Å²) in [6.07, 6.45) is 4.28. The zero-order valence-corrected chi connectivity index (χ0v) is 17.5. The van der Waals surface area contributed by atoms with Crippen molar-refractivity contribution in [2.75, 3.05) is 13.1 Å². The Morgan fingerprint density at radius 2 is 1.89 bits per heavy atom. The molecule has 0 bridgehead atoms. The number of rotatable bonds is 4. The number of aryl methyl sites for hydroxylation is 2. The lowest BCUT2D eigenvalue weighted by Crippen LogP contribution is -2.56. The molecule has 27 heavy (non-hydrogen) atoms. The third kappa shape index (κ3) is 3.54. The van der Waals surface area contributed by atoms with Crippen LogP contribution in [-0.2, 0) is 14.6 Å². The van der Waals surface area contributed by atoms with Crippen molar-refractivity contribution in [3.63, 3.8) is 0 Å². The smallest absolute Gasteiger partial charge is 0.244 e. The van der Waals surface area contributed by atoms with Crippen molar-refractivity contribution in [1.29, 1.82) is 0 Å². The molecule has 2 fully saturated rings. The van der Waals surface area contributed by atoms with E-state index < -0.39 is 14.6 Å². The van der Waals surface area contributed by atoms with Crippen molar-refractivity contribution in [3.8, 4) is 0 Å². The van der Waals surface area contributed by atoms with Crippen LogP contribution in [0.2, 0.25) is 0 Å². The predicted octanol–water partition coefficient (Wildman–Crippen LogP) is 2.98. The van der Waals surface area contributed by atoms with Gasteiger partial charge in [0, 0.05) is 19.1 Å². The number of carbonyl (C=O) groups is 1. The summed E-state index contributed by atoms with van der Waals surface area (Å²) in [5, 5.41) is 0. The van der Waals surface area contributed by atoms with E-state index in [1.807, 2.05) is 32.9 Å². The second-order valence-electron chi connectivity index (χ2n) is 8.49. The molecule has 2 N–H and O–H groups in total. The minimum atomic E-state index is -3.76. The van der Waals surface area contributed by atoms with Gasteiger partial charge < -0.3 is 10.6 Å². The fraction of sp³-hybridized carbons (Fsp3) is 0.667. The first kappa shape index (κ1) is 20.3. The van der Waals surface area contributed by atoms with Crippen molar-refractivity contribution in [1.82, 2.24) is 4.90 Å². The molecule has 6 heteroatoms. The summed E-state index contributed by atoms with van der Waals surface area (Å²) in [5.41, 5.74) is 7.69. The Kier molecular flexibility index (Phi) is 5.69. The van der Waals surface area contributed by atoms with Crippen molar-refractivity contribution in [2.24, 2.45) is 11.7 Å². The van der Waals surface area contributed by atoms with Crippen molar-refractivity contribution in [2.45, 2.75) is 75.0 Å². The maximum absolute atomic E-state index is 13.8. The number of nitrogens with zero attached hydrogens (tertiary/aromatic N) is 1. The van der Waals surface area contributed by atoms with Gasteiger partial charge in [-0.25, -0.2) is 8.42 Å². The molecule has 0 spiro atoms. The van der Waals surface area contributed by atoms with E-state index in [0.717, 1.165) is 31.2 Å². The number of hydrogen-bond acceptors (Lipinski definition) is 4. The van der Waals surface area contributed by atoms with Gasteiger partial charge in [0.05, 0.1) is 4.90 Å². The fourth-order valence-electron chi connectivity index (χ4n) is 4.66. The molecule has 1 aromatic rings. The number of likely N-dealkylation sites (tertiary alicyclic amines) is 1. The van der Waals surface area contributed by atoms with E-state index in [1.54, 1.807) is 11.0 Å². The van der Waals surface area contributed by atoms with Crippen LogP contribution in [0.15, 0.2) is 23.1 Å². The van der Waals surface area contributed by atoms with E-state index in [2.05, 4.69) is 0 Å². The van der Waals surface area contributed by atoms with E-state index in [-0.39, 0.29) is 17.9 Å². The average molecular weight is 393 g/mol. The molecule has 1 saturated heterocycles. The van der Waals surface area contributed by atoms with Crippen LogP contribution in [0, 0.1) is 19.8 Å². The lowest BCUT2D eigenvalue weighted by Gasteiger charge is -2.39. The summed E-state index contributed by atoms with van der Waals surface area (Å²) in [6, 6.07) is 5.48. The van der Waals surface area contributed by atoms with Crippen LogP contribution in [0.4, 0.5) is 0 Å². The molecule has 2 aliphatic rings. The summed E-state index contributed by atoms with van der Waals surface area (Å²) in [6.45, 7) is 6.87. The first-order valence-electron chi connectivity index (χ1n) is 10.1. The Bertz CT molecular complexity index is 811. The number of amides is 1. The Morgan fingerprint density at radius 1 is 1.22 bits per heavy atom. The van der Waals surface area contributed by atoms with Gasteiger partial charge in [0.1, 0.15) is 0 Å². The summed E-state index contributed by atoms with van der Waals surface area (Å²) >= 11 is 0. The van der Waals surface area contributed by atoms with E-state index in [9.17, 15) is 13.2 Å². The molecule has 1 amide bonds. The molecule has 0 radical (unpaired) electrons. The van der Waals surface area contributed by atoms with Gasteiger partial charge in [-0.15, -0.1) is 0 Å². The normalized spacial score (nSPS) is 24.0. The van der Waals surface area contributed by atoms with Crippen LogP contribution in [-0.4, -0.2) is 43.1 Å². The number of carbonyl (C=O) groups excluding carboxylic acids is 1. The Morgan fingerprint density at radius 3 is 2.52 bits per heavy atom. The minimum Gasteiger partial charge on any atom is -0.341 e. The number of sulfone groups is 1. The lowest BCUT2D eigenvalue weighted by molar-refractivity contribution is -0.135. The van der Waals surface area contributed by atoms with Crippen LogP contribution in [0.25, 0.3) is 0 Å². The second kappa shape index (κ2) is 7.55. The second-order valence-corrected chi connectivity index (χ2v) is 10.7. The van der Waals surface area contributed by atoms with Crippen LogP contribution in [0.3, 0.4) is 0 Å². The van der Waals surface area contributed by atoms with Gasteiger partial charge in [-0.1, -0.05) is 25.0 Å². The van der Waals surface area contributed by atoms with Gasteiger partial charge in [-0.3, -0.25) is 4.79 Å².